The van der Waals surface area contributed by atoms with Gasteiger partial charge in [0.1, 0.15) is 5.82 Å². The molecule has 0 aromatic carbocycles. The average Bonchev–Trinajstić information content (AvgIpc) is 2.21. The lowest BCUT2D eigenvalue weighted by Crippen LogP contribution is -2.17. The summed E-state index contributed by atoms with van der Waals surface area (Å²) >= 11 is 0. The van der Waals surface area contributed by atoms with Crippen molar-refractivity contribution in [3.8, 4) is 0 Å². The van der Waals surface area contributed by atoms with Crippen LogP contribution in [0, 0.1) is 6.92 Å². The molecular weight excluding hydrogens is 188 g/mol. The molecule has 1 aromatic heterocycles. The molecule has 15 heavy (non-hydrogen) atoms. The van der Waals surface area contributed by atoms with Gasteiger partial charge in [-0.1, -0.05) is 13.3 Å². The molecule has 2 N–H and O–H groups in total. The van der Waals surface area contributed by atoms with E-state index in [-0.39, 0.29) is 0 Å². The Labute approximate surface area is 91.5 Å². The molecule has 4 heteroatoms. The van der Waals surface area contributed by atoms with Crippen LogP contribution in [0.25, 0.3) is 0 Å². The maximum atomic E-state index is 4.38. The molecule has 1 unspecified atom stereocenters. The van der Waals surface area contributed by atoms with Crippen molar-refractivity contribution >= 4 is 11.8 Å². The Morgan fingerprint density at radius 3 is 2.80 bits per heavy atom. The molecule has 0 aliphatic rings. The van der Waals surface area contributed by atoms with Gasteiger partial charge in [0.2, 0.25) is 5.95 Å². The van der Waals surface area contributed by atoms with Crippen LogP contribution in [0.3, 0.4) is 0 Å². The maximum absolute atomic E-state index is 4.38. The minimum Gasteiger partial charge on any atom is -0.367 e. The fourth-order valence-electron chi connectivity index (χ4n) is 1.45. The number of aromatic nitrogens is 2. The number of nitrogens with zero attached hydrogens (tertiary/aromatic N) is 2. The molecule has 0 bridgehead atoms. The lowest BCUT2D eigenvalue weighted by molar-refractivity contribution is 0.686. The first-order valence-corrected chi connectivity index (χ1v) is 5.45. The van der Waals surface area contributed by atoms with Crippen molar-refractivity contribution in [1.29, 1.82) is 0 Å². The van der Waals surface area contributed by atoms with E-state index in [4.69, 9.17) is 0 Å². The molecule has 0 aliphatic heterocycles. The molecule has 84 valence electrons. The molecular formula is C11H20N4. The largest absolute Gasteiger partial charge is 0.367 e. The van der Waals surface area contributed by atoms with Crippen molar-refractivity contribution < 1.29 is 0 Å². The van der Waals surface area contributed by atoms with Crippen LogP contribution in [0.2, 0.25) is 0 Å². The van der Waals surface area contributed by atoms with Crippen molar-refractivity contribution in [3.63, 3.8) is 0 Å². The Hall–Kier alpha value is -1.32. The zero-order valence-corrected chi connectivity index (χ0v) is 9.96. The van der Waals surface area contributed by atoms with Gasteiger partial charge in [-0.3, -0.25) is 0 Å². The van der Waals surface area contributed by atoms with Gasteiger partial charge in [0, 0.05) is 24.8 Å². The second-order valence-electron chi connectivity index (χ2n) is 3.81. The molecule has 0 saturated heterocycles. The first-order valence-electron chi connectivity index (χ1n) is 5.45. The molecule has 1 heterocycles. The quantitative estimate of drug-likeness (QED) is 0.780. The lowest BCUT2D eigenvalue weighted by Gasteiger charge is -2.15. The smallest absolute Gasteiger partial charge is 0.224 e. The monoisotopic (exact) mass is 208 g/mol. The molecule has 4 nitrogen and oxygen atoms in total. The summed E-state index contributed by atoms with van der Waals surface area (Å²) in [6.07, 6.45) is 4.16. The molecule has 1 aromatic rings. The van der Waals surface area contributed by atoms with Gasteiger partial charge in [-0.15, -0.1) is 0 Å². The molecule has 1 rings (SSSR count). The predicted octanol–water partition coefficient (Wildman–Crippen LogP) is 2.43. The van der Waals surface area contributed by atoms with Crippen molar-refractivity contribution in [2.45, 2.75) is 39.7 Å². The van der Waals surface area contributed by atoms with Crippen molar-refractivity contribution in [1.82, 2.24) is 9.97 Å². The fourth-order valence-corrected chi connectivity index (χ4v) is 1.45. The van der Waals surface area contributed by atoms with E-state index in [0.717, 1.165) is 17.8 Å². The summed E-state index contributed by atoms with van der Waals surface area (Å²) in [6.45, 7) is 6.37. The van der Waals surface area contributed by atoms with Gasteiger partial charge in [-0.2, -0.15) is 4.98 Å². The van der Waals surface area contributed by atoms with Crippen LogP contribution in [-0.4, -0.2) is 23.1 Å². The first-order chi connectivity index (χ1) is 7.17. The maximum Gasteiger partial charge on any atom is 0.224 e. The minimum atomic E-state index is 0.452. The summed E-state index contributed by atoms with van der Waals surface area (Å²) in [4.78, 5) is 8.53. The van der Waals surface area contributed by atoms with Crippen molar-refractivity contribution in [3.05, 3.63) is 11.8 Å². The Morgan fingerprint density at radius 1 is 1.47 bits per heavy atom. The standard InChI is InChI=1S/C11H20N4/c1-5-6-9(3)14-10-8(2)7-13-11(12-4)15-10/h7,9H,5-6H2,1-4H3,(H2,12,13,14,15). The van der Waals surface area contributed by atoms with Crippen LogP contribution in [0.4, 0.5) is 11.8 Å². The highest BCUT2D eigenvalue weighted by Gasteiger charge is 2.06. The first kappa shape index (κ1) is 11.8. The van der Waals surface area contributed by atoms with Crippen LogP contribution in [-0.2, 0) is 0 Å². The van der Waals surface area contributed by atoms with Gasteiger partial charge in [0.15, 0.2) is 0 Å². The Morgan fingerprint density at radius 2 is 2.20 bits per heavy atom. The van der Waals surface area contributed by atoms with E-state index in [2.05, 4.69) is 34.4 Å². The number of nitrogens with one attached hydrogen (secondary N) is 2. The summed E-state index contributed by atoms with van der Waals surface area (Å²) in [5.74, 6) is 1.59. The number of hydrogen-bond donors (Lipinski definition) is 2. The van der Waals surface area contributed by atoms with E-state index in [1.807, 2.05) is 20.2 Å². The van der Waals surface area contributed by atoms with Crippen molar-refractivity contribution in [2.75, 3.05) is 17.7 Å². The van der Waals surface area contributed by atoms with E-state index in [9.17, 15) is 0 Å². The van der Waals surface area contributed by atoms with E-state index in [1.165, 1.54) is 6.42 Å². The highest BCUT2D eigenvalue weighted by Crippen LogP contribution is 2.14. The summed E-state index contributed by atoms with van der Waals surface area (Å²) < 4.78 is 0. The van der Waals surface area contributed by atoms with Crippen LogP contribution in [0.1, 0.15) is 32.3 Å². The van der Waals surface area contributed by atoms with Gasteiger partial charge < -0.3 is 10.6 Å². The third-order valence-electron chi connectivity index (χ3n) is 2.30. The van der Waals surface area contributed by atoms with Gasteiger partial charge in [-0.25, -0.2) is 4.98 Å². The topological polar surface area (TPSA) is 49.8 Å². The van der Waals surface area contributed by atoms with Crippen LogP contribution >= 0.6 is 0 Å². The second-order valence-corrected chi connectivity index (χ2v) is 3.81. The molecule has 1 atom stereocenters. The van der Waals surface area contributed by atoms with E-state index in [0.29, 0.717) is 12.0 Å². The lowest BCUT2D eigenvalue weighted by atomic mass is 10.2. The molecule has 0 fully saturated rings. The predicted molar refractivity (Wildman–Crippen MR) is 64.3 cm³/mol. The molecule has 0 spiro atoms. The Bertz CT molecular complexity index is 311. The molecule has 0 aliphatic carbocycles. The highest BCUT2D eigenvalue weighted by atomic mass is 15.1. The van der Waals surface area contributed by atoms with Crippen LogP contribution in [0.5, 0.6) is 0 Å². The number of anilines is 2. The normalized spacial score (nSPS) is 12.3. The third kappa shape index (κ3) is 3.38. The van der Waals surface area contributed by atoms with Crippen LogP contribution in [0.15, 0.2) is 6.20 Å². The zero-order valence-electron chi connectivity index (χ0n) is 9.96. The summed E-state index contributed by atoms with van der Waals surface area (Å²) in [5, 5.41) is 6.33. The number of rotatable bonds is 5. The number of hydrogen-bond acceptors (Lipinski definition) is 4. The van der Waals surface area contributed by atoms with E-state index >= 15 is 0 Å². The van der Waals surface area contributed by atoms with E-state index < -0.39 is 0 Å². The molecule has 0 radical (unpaired) electrons. The zero-order chi connectivity index (χ0) is 11.3. The van der Waals surface area contributed by atoms with Gasteiger partial charge >= 0.3 is 0 Å². The third-order valence-corrected chi connectivity index (χ3v) is 2.30. The van der Waals surface area contributed by atoms with Gasteiger partial charge in [-0.05, 0) is 20.3 Å². The fraction of sp³-hybridized carbons (Fsp3) is 0.636. The highest BCUT2D eigenvalue weighted by molar-refractivity contribution is 5.46. The summed E-state index contributed by atoms with van der Waals surface area (Å²) in [6, 6.07) is 0.452. The second kappa shape index (κ2) is 5.53. The SMILES string of the molecule is CCCC(C)Nc1nc(NC)ncc1C. The molecule has 0 saturated carbocycles. The van der Waals surface area contributed by atoms with Gasteiger partial charge in [0.25, 0.3) is 0 Å². The average molecular weight is 208 g/mol. The van der Waals surface area contributed by atoms with E-state index in [1.54, 1.807) is 0 Å². The summed E-state index contributed by atoms with van der Waals surface area (Å²) in [5.41, 5.74) is 1.08. The van der Waals surface area contributed by atoms with Crippen LogP contribution < -0.4 is 10.6 Å². The number of aryl methyl sites for hydroxylation is 1. The van der Waals surface area contributed by atoms with Crippen molar-refractivity contribution in [2.24, 2.45) is 0 Å². The molecule has 0 amide bonds. The Kier molecular flexibility index (Phi) is 4.34. The Balaban J connectivity index is 2.74. The van der Waals surface area contributed by atoms with Gasteiger partial charge in [0.05, 0.1) is 0 Å². The summed E-state index contributed by atoms with van der Waals surface area (Å²) in [7, 11) is 1.82. The minimum absolute atomic E-state index is 0.452.